The van der Waals surface area contributed by atoms with Crippen LogP contribution in [0.1, 0.15) is 53.2 Å². The average Bonchev–Trinajstić information content (AvgIpc) is 3.51. The van der Waals surface area contributed by atoms with Crippen molar-refractivity contribution in [2.75, 3.05) is 11.9 Å². The summed E-state index contributed by atoms with van der Waals surface area (Å²) in [7, 11) is 0. The molecule has 1 saturated heterocycles. The number of nitrogens with zero attached hydrogens (tertiary/aromatic N) is 4. The Labute approximate surface area is 203 Å². The van der Waals surface area contributed by atoms with Crippen molar-refractivity contribution in [3.8, 4) is 0 Å². The normalized spacial score (nSPS) is 28.7. The molecule has 12 heteroatoms. The molecule has 0 unspecified atom stereocenters. The molecule has 0 spiro atoms. The molecule has 192 valence electrons. The highest BCUT2D eigenvalue weighted by Gasteiger charge is 2.45. The third kappa shape index (κ3) is 5.24. The van der Waals surface area contributed by atoms with Gasteiger partial charge in [-0.3, -0.25) is 14.2 Å². The maximum atomic E-state index is 12.1. The fraction of sp³-hybridized carbons (Fsp3) is 0.696. The Morgan fingerprint density at radius 3 is 2.57 bits per heavy atom. The number of aliphatic hydroxyl groups excluding tert-OH is 2. The van der Waals surface area contributed by atoms with Gasteiger partial charge in [-0.2, -0.15) is 0 Å². The molecule has 0 radical (unpaired) electrons. The SMILES string of the molecule is CC(C)C(=O)OC[C@H]1O[C@@H](n2cnc3c(N[C@H]4CCC[C@@H]4OC(=O)C(C)C)ncnc32)[C@H](O)[C@@H]1O. The number of carbonyl (C=O) groups is 2. The van der Waals surface area contributed by atoms with E-state index in [4.69, 9.17) is 14.2 Å². The summed E-state index contributed by atoms with van der Waals surface area (Å²) in [5, 5.41) is 24.4. The van der Waals surface area contributed by atoms with Gasteiger partial charge < -0.3 is 29.7 Å². The first-order valence-electron chi connectivity index (χ1n) is 12.0. The maximum absolute atomic E-state index is 12.1. The molecule has 0 amide bonds. The molecule has 2 fully saturated rings. The second-order valence-corrected chi connectivity index (χ2v) is 9.69. The Kier molecular flexibility index (Phi) is 7.53. The summed E-state index contributed by atoms with van der Waals surface area (Å²) in [6.45, 7) is 6.83. The predicted molar refractivity (Wildman–Crippen MR) is 123 cm³/mol. The fourth-order valence-electron chi connectivity index (χ4n) is 4.26. The number of anilines is 1. The van der Waals surface area contributed by atoms with E-state index in [1.165, 1.54) is 17.2 Å². The number of nitrogens with one attached hydrogen (secondary N) is 1. The van der Waals surface area contributed by atoms with Crippen molar-refractivity contribution in [1.29, 1.82) is 0 Å². The zero-order valence-electron chi connectivity index (χ0n) is 20.3. The van der Waals surface area contributed by atoms with E-state index in [0.29, 0.717) is 17.0 Å². The minimum absolute atomic E-state index is 0.115. The van der Waals surface area contributed by atoms with Gasteiger partial charge in [0.2, 0.25) is 0 Å². The second kappa shape index (κ2) is 10.4. The number of hydrogen-bond donors (Lipinski definition) is 3. The number of rotatable bonds is 8. The standard InChI is InChI=1S/C23H33N5O7/c1-11(2)22(31)33-8-15-17(29)18(30)21(34-15)28-10-26-16-19(24-9-25-20(16)28)27-13-6-5-7-14(13)35-23(32)12(3)4/h9-15,17-18,21,29-30H,5-8H2,1-4H3,(H,24,25,27)/t13-,14-,15+,17+,18+,21+/m0/s1. The number of fused-ring (bicyclic) bond motifs is 1. The molecular formula is C23H33N5O7. The summed E-state index contributed by atoms with van der Waals surface area (Å²) in [4.78, 5) is 36.9. The molecule has 3 N–H and O–H groups in total. The number of aromatic nitrogens is 4. The molecule has 6 atom stereocenters. The first-order chi connectivity index (χ1) is 16.7. The molecule has 3 heterocycles. The highest BCUT2D eigenvalue weighted by Crippen LogP contribution is 2.33. The molecule has 2 aromatic heterocycles. The van der Waals surface area contributed by atoms with Gasteiger partial charge in [0.05, 0.1) is 24.2 Å². The average molecular weight is 492 g/mol. The molecule has 2 aliphatic rings. The van der Waals surface area contributed by atoms with Crippen molar-refractivity contribution in [1.82, 2.24) is 19.5 Å². The number of ether oxygens (including phenoxy) is 3. The number of imidazole rings is 1. The molecule has 1 aliphatic carbocycles. The smallest absolute Gasteiger partial charge is 0.308 e. The van der Waals surface area contributed by atoms with Gasteiger partial charge in [0.15, 0.2) is 23.2 Å². The van der Waals surface area contributed by atoms with E-state index in [2.05, 4.69) is 20.3 Å². The molecule has 35 heavy (non-hydrogen) atoms. The summed E-state index contributed by atoms with van der Waals surface area (Å²) in [5.41, 5.74) is 0.848. The summed E-state index contributed by atoms with van der Waals surface area (Å²) < 4.78 is 18.2. The van der Waals surface area contributed by atoms with Gasteiger partial charge in [-0.25, -0.2) is 15.0 Å². The Morgan fingerprint density at radius 1 is 1.11 bits per heavy atom. The molecular weight excluding hydrogens is 458 g/mol. The van der Waals surface area contributed by atoms with E-state index in [1.807, 2.05) is 0 Å². The molecule has 2 aromatic rings. The van der Waals surface area contributed by atoms with Crippen LogP contribution in [0.5, 0.6) is 0 Å². The minimum Gasteiger partial charge on any atom is -0.463 e. The van der Waals surface area contributed by atoms with E-state index in [1.54, 1.807) is 27.7 Å². The largest absolute Gasteiger partial charge is 0.463 e. The summed E-state index contributed by atoms with van der Waals surface area (Å²) in [6, 6.07) is -0.115. The Bertz CT molecular complexity index is 1060. The Morgan fingerprint density at radius 2 is 1.86 bits per heavy atom. The monoisotopic (exact) mass is 491 g/mol. The van der Waals surface area contributed by atoms with Gasteiger partial charge in [0.1, 0.15) is 37.4 Å². The molecule has 0 bridgehead atoms. The van der Waals surface area contributed by atoms with Crippen LogP contribution in [-0.2, 0) is 23.8 Å². The van der Waals surface area contributed by atoms with Crippen molar-refractivity contribution < 1.29 is 34.0 Å². The summed E-state index contributed by atoms with van der Waals surface area (Å²) in [5.74, 6) is -0.701. The van der Waals surface area contributed by atoms with Crippen LogP contribution < -0.4 is 5.32 Å². The van der Waals surface area contributed by atoms with Crippen molar-refractivity contribution >= 4 is 28.9 Å². The van der Waals surface area contributed by atoms with Crippen LogP contribution in [0.15, 0.2) is 12.7 Å². The van der Waals surface area contributed by atoms with Crippen LogP contribution in [-0.4, -0.2) is 78.7 Å². The minimum atomic E-state index is -1.28. The lowest BCUT2D eigenvalue weighted by Crippen LogP contribution is -2.34. The number of carbonyl (C=O) groups excluding carboxylic acids is 2. The summed E-state index contributed by atoms with van der Waals surface area (Å²) >= 11 is 0. The Balaban J connectivity index is 1.50. The highest BCUT2D eigenvalue weighted by molar-refractivity contribution is 5.83. The van der Waals surface area contributed by atoms with Gasteiger partial charge in [-0.05, 0) is 19.3 Å². The third-order valence-corrected chi connectivity index (χ3v) is 6.35. The summed E-state index contributed by atoms with van der Waals surface area (Å²) in [6.07, 6.45) is 0.641. The van der Waals surface area contributed by atoms with E-state index < -0.39 is 30.5 Å². The van der Waals surface area contributed by atoms with Gasteiger partial charge in [0, 0.05) is 0 Å². The van der Waals surface area contributed by atoms with Crippen LogP contribution in [0.3, 0.4) is 0 Å². The van der Waals surface area contributed by atoms with Crippen LogP contribution in [0.2, 0.25) is 0 Å². The van der Waals surface area contributed by atoms with E-state index >= 15 is 0 Å². The fourth-order valence-corrected chi connectivity index (χ4v) is 4.26. The molecule has 4 rings (SSSR count). The topological polar surface area (TPSA) is 158 Å². The zero-order valence-corrected chi connectivity index (χ0v) is 20.3. The first-order valence-corrected chi connectivity index (χ1v) is 12.0. The lowest BCUT2D eigenvalue weighted by atomic mass is 10.1. The number of hydrogen-bond acceptors (Lipinski definition) is 11. The second-order valence-electron chi connectivity index (χ2n) is 9.69. The Hall–Kier alpha value is -2.83. The zero-order chi connectivity index (χ0) is 25.3. The van der Waals surface area contributed by atoms with Crippen LogP contribution in [0.25, 0.3) is 11.2 Å². The van der Waals surface area contributed by atoms with E-state index in [9.17, 15) is 19.8 Å². The highest BCUT2D eigenvalue weighted by atomic mass is 16.6. The molecule has 1 saturated carbocycles. The van der Waals surface area contributed by atoms with E-state index in [0.717, 1.165) is 19.3 Å². The third-order valence-electron chi connectivity index (χ3n) is 6.35. The van der Waals surface area contributed by atoms with E-state index in [-0.39, 0.29) is 36.6 Å². The van der Waals surface area contributed by atoms with Crippen molar-refractivity contribution in [2.45, 2.75) is 83.6 Å². The number of esters is 2. The van der Waals surface area contributed by atoms with Crippen LogP contribution in [0.4, 0.5) is 5.82 Å². The van der Waals surface area contributed by atoms with Gasteiger partial charge in [-0.15, -0.1) is 0 Å². The van der Waals surface area contributed by atoms with Gasteiger partial charge >= 0.3 is 11.9 Å². The quantitative estimate of drug-likeness (QED) is 0.455. The molecule has 0 aromatic carbocycles. The molecule has 12 nitrogen and oxygen atoms in total. The lowest BCUT2D eigenvalue weighted by Gasteiger charge is -2.22. The first kappa shape index (κ1) is 25.3. The lowest BCUT2D eigenvalue weighted by molar-refractivity contribution is -0.154. The van der Waals surface area contributed by atoms with Crippen molar-refractivity contribution in [3.05, 3.63) is 12.7 Å². The van der Waals surface area contributed by atoms with Gasteiger partial charge in [-0.1, -0.05) is 27.7 Å². The number of aliphatic hydroxyl groups is 2. The predicted octanol–water partition coefficient (Wildman–Crippen LogP) is 1.18. The van der Waals surface area contributed by atoms with Gasteiger partial charge in [0.25, 0.3) is 0 Å². The maximum Gasteiger partial charge on any atom is 0.308 e. The van der Waals surface area contributed by atoms with Crippen LogP contribution >= 0.6 is 0 Å². The van der Waals surface area contributed by atoms with Crippen LogP contribution in [0, 0.1) is 11.8 Å². The molecule has 1 aliphatic heterocycles. The van der Waals surface area contributed by atoms with Crippen molar-refractivity contribution in [3.63, 3.8) is 0 Å². The van der Waals surface area contributed by atoms with Crippen molar-refractivity contribution in [2.24, 2.45) is 11.8 Å².